The van der Waals surface area contributed by atoms with Gasteiger partial charge in [0.05, 0.1) is 13.7 Å². The van der Waals surface area contributed by atoms with Gasteiger partial charge in [-0.25, -0.2) is 4.28 Å². The highest BCUT2D eigenvalue weighted by Gasteiger charge is 2.44. The first-order valence-electron chi connectivity index (χ1n) is 7.97. The molecule has 0 spiro atoms. The predicted octanol–water partition coefficient (Wildman–Crippen LogP) is -1.10. The molecule has 0 aromatic heterocycles. The second kappa shape index (κ2) is 9.84. The molecule has 1 aromatic rings. The Bertz CT molecular complexity index is 785. The number of methoxy groups -OCH3 is 1. The van der Waals surface area contributed by atoms with E-state index in [9.17, 15) is 28.8 Å². The summed E-state index contributed by atoms with van der Waals surface area (Å²) in [4.78, 5) is 0. The lowest BCUT2D eigenvalue weighted by atomic mass is 10.0. The molecule has 11 nitrogen and oxygen atoms in total. The summed E-state index contributed by atoms with van der Waals surface area (Å²) in [6, 6.07) is 6.73. The third kappa shape index (κ3) is 6.28. The fourth-order valence-corrected chi connectivity index (χ4v) is 3.77. The lowest BCUT2D eigenvalue weighted by Gasteiger charge is -2.39. The van der Waals surface area contributed by atoms with E-state index in [0.717, 1.165) is 0 Å². The second-order valence-corrected chi connectivity index (χ2v) is 8.01. The van der Waals surface area contributed by atoms with Crippen LogP contribution in [0.2, 0.25) is 0 Å². The number of hydrogen-bond donors (Lipinski definition) is 5. The van der Waals surface area contributed by atoms with Gasteiger partial charge >= 0.3 is 10.4 Å². The molecule has 158 valence electrons. The van der Waals surface area contributed by atoms with E-state index in [0.29, 0.717) is 23.1 Å². The number of oxime groups is 1. The number of aliphatic hydroxyl groups excluding tert-OH is 4. The lowest BCUT2D eigenvalue weighted by Crippen LogP contribution is -2.57. The van der Waals surface area contributed by atoms with Gasteiger partial charge in [0.2, 0.25) is 0 Å². The maximum absolute atomic E-state index is 10.8. The largest absolute Gasteiger partial charge is 0.497 e. The highest BCUT2D eigenvalue weighted by atomic mass is 32.3. The molecule has 0 saturated carbocycles. The van der Waals surface area contributed by atoms with Crippen LogP contribution in [0.15, 0.2) is 29.4 Å². The smallest absolute Gasteiger partial charge is 0.466 e. The minimum Gasteiger partial charge on any atom is -0.497 e. The third-order valence-corrected chi connectivity index (χ3v) is 5.20. The van der Waals surface area contributed by atoms with Crippen LogP contribution in [0.1, 0.15) is 5.56 Å². The first-order valence-corrected chi connectivity index (χ1v) is 10.2. The van der Waals surface area contributed by atoms with Gasteiger partial charge in [-0.3, -0.25) is 4.55 Å². The summed E-state index contributed by atoms with van der Waals surface area (Å²) in [6.07, 6.45) is -5.85. The number of benzene rings is 1. The van der Waals surface area contributed by atoms with Crippen molar-refractivity contribution >= 4 is 27.2 Å². The number of ether oxygens (including phenoxy) is 2. The van der Waals surface area contributed by atoms with Crippen molar-refractivity contribution in [2.75, 3.05) is 13.7 Å². The van der Waals surface area contributed by atoms with E-state index in [1.807, 2.05) is 0 Å². The van der Waals surface area contributed by atoms with Gasteiger partial charge in [0.25, 0.3) is 0 Å². The highest BCUT2D eigenvalue weighted by Crippen LogP contribution is 2.30. The average Bonchev–Trinajstić information content (AvgIpc) is 2.66. The van der Waals surface area contributed by atoms with Crippen molar-refractivity contribution in [2.45, 2.75) is 36.3 Å². The molecule has 1 aromatic carbocycles. The van der Waals surface area contributed by atoms with E-state index in [2.05, 4.69) is 9.44 Å². The number of rotatable bonds is 7. The maximum atomic E-state index is 10.8. The lowest BCUT2D eigenvalue weighted by molar-refractivity contribution is -0.205. The van der Waals surface area contributed by atoms with Crippen molar-refractivity contribution in [3.05, 3.63) is 29.8 Å². The Kier molecular flexibility index (Phi) is 8.03. The van der Waals surface area contributed by atoms with Crippen LogP contribution in [0.25, 0.3) is 0 Å². The van der Waals surface area contributed by atoms with Crippen LogP contribution in [0.3, 0.4) is 0 Å². The molecule has 1 aliphatic heterocycles. The molecule has 5 atom stereocenters. The van der Waals surface area contributed by atoms with E-state index in [1.54, 1.807) is 24.3 Å². The van der Waals surface area contributed by atoms with Gasteiger partial charge in [0.1, 0.15) is 40.6 Å². The SMILES string of the molecule is COc1cccc(C/C(=N\OS(=O)(=O)O)SC2OC(CO)C(O)C(O)C2O)c1. The number of hydrogen-bond acceptors (Lipinski definition) is 11. The fourth-order valence-electron chi connectivity index (χ4n) is 2.44. The first-order chi connectivity index (χ1) is 13.1. The van der Waals surface area contributed by atoms with Crippen molar-refractivity contribution in [1.29, 1.82) is 0 Å². The van der Waals surface area contributed by atoms with Crippen LogP contribution in [-0.4, -0.2) is 82.0 Å². The molecule has 0 bridgehead atoms. The molecule has 0 radical (unpaired) electrons. The molecule has 28 heavy (non-hydrogen) atoms. The Labute approximate surface area is 165 Å². The molecule has 0 aliphatic carbocycles. The molecular formula is C15H21NO10S2. The van der Waals surface area contributed by atoms with Crippen LogP contribution in [0.4, 0.5) is 0 Å². The van der Waals surface area contributed by atoms with Crippen molar-refractivity contribution in [3.63, 3.8) is 0 Å². The molecule has 5 unspecified atom stereocenters. The minimum absolute atomic E-state index is 0.00636. The van der Waals surface area contributed by atoms with Crippen LogP contribution in [-0.2, 0) is 25.8 Å². The van der Waals surface area contributed by atoms with Crippen LogP contribution in [0, 0.1) is 0 Å². The van der Waals surface area contributed by atoms with Crippen LogP contribution in [0.5, 0.6) is 5.75 Å². The van der Waals surface area contributed by atoms with E-state index < -0.39 is 46.9 Å². The van der Waals surface area contributed by atoms with E-state index in [1.165, 1.54) is 7.11 Å². The zero-order valence-corrected chi connectivity index (χ0v) is 16.3. The topological polar surface area (TPSA) is 175 Å². The Morgan fingerprint density at radius 3 is 2.57 bits per heavy atom. The summed E-state index contributed by atoms with van der Waals surface area (Å²) in [5.74, 6) is 0.533. The summed E-state index contributed by atoms with van der Waals surface area (Å²) in [6.45, 7) is -0.619. The standard InChI is InChI=1S/C15H21NO10S2/c1-24-9-4-2-3-8(5-9)6-11(16-26-28(21,22)23)27-15-14(20)13(19)12(18)10(7-17)25-15/h2-5,10,12-15,17-20H,6-7H2,1H3,(H,21,22,23)/b16-11+. The Hall–Kier alpha value is -1.45. The van der Waals surface area contributed by atoms with Gasteiger partial charge in [-0.05, 0) is 17.7 Å². The quantitative estimate of drug-likeness (QED) is 0.151. The number of aliphatic hydroxyl groups is 4. The first kappa shape index (κ1) is 22.8. The highest BCUT2D eigenvalue weighted by molar-refractivity contribution is 8.14. The van der Waals surface area contributed by atoms with Crippen LogP contribution < -0.4 is 4.74 Å². The Balaban J connectivity index is 2.23. The summed E-state index contributed by atoms with van der Waals surface area (Å²) in [5.41, 5.74) is -0.570. The monoisotopic (exact) mass is 439 g/mol. The number of thioether (sulfide) groups is 1. The normalized spacial score (nSPS) is 28.8. The summed E-state index contributed by atoms with van der Waals surface area (Å²) < 4.78 is 45.0. The van der Waals surface area contributed by atoms with Gasteiger partial charge < -0.3 is 29.9 Å². The average molecular weight is 439 g/mol. The number of nitrogens with zero attached hydrogens (tertiary/aromatic N) is 1. The van der Waals surface area contributed by atoms with Gasteiger partial charge in [-0.2, -0.15) is 8.42 Å². The summed E-state index contributed by atoms with van der Waals surface area (Å²) >= 11 is 0.702. The minimum atomic E-state index is -4.87. The molecule has 5 N–H and O–H groups in total. The fraction of sp³-hybridized carbons (Fsp3) is 0.533. The van der Waals surface area contributed by atoms with Crippen molar-refractivity contribution < 1.29 is 47.2 Å². The van der Waals surface area contributed by atoms with Gasteiger partial charge in [0, 0.05) is 6.42 Å². The molecule has 1 aliphatic rings. The third-order valence-electron chi connectivity index (χ3n) is 3.82. The molecule has 0 amide bonds. The molecule has 1 heterocycles. The van der Waals surface area contributed by atoms with Gasteiger partial charge in [0.15, 0.2) is 0 Å². The van der Waals surface area contributed by atoms with Crippen LogP contribution >= 0.6 is 11.8 Å². The Morgan fingerprint density at radius 2 is 1.96 bits per heavy atom. The van der Waals surface area contributed by atoms with E-state index >= 15 is 0 Å². The zero-order chi connectivity index (χ0) is 20.9. The molecule has 13 heteroatoms. The molecule has 1 saturated heterocycles. The van der Waals surface area contributed by atoms with Crippen molar-refractivity contribution in [2.24, 2.45) is 5.16 Å². The predicted molar refractivity (Wildman–Crippen MR) is 98.1 cm³/mol. The zero-order valence-electron chi connectivity index (χ0n) is 14.7. The maximum Gasteiger partial charge on any atom is 0.466 e. The molecular weight excluding hydrogens is 418 g/mol. The Morgan fingerprint density at radius 1 is 1.25 bits per heavy atom. The molecule has 1 fully saturated rings. The summed E-state index contributed by atoms with van der Waals surface area (Å²) in [5, 5.41) is 42.4. The van der Waals surface area contributed by atoms with Gasteiger partial charge in [-0.15, -0.1) is 0 Å². The van der Waals surface area contributed by atoms with Crippen molar-refractivity contribution in [1.82, 2.24) is 0 Å². The van der Waals surface area contributed by atoms with E-state index in [-0.39, 0.29) is 11.5 Å². The summed E-state index contributed by atoms with van der Waals surface area (Å²) in [7, 11) is -3.40. The molecule has 2 rings (SSSR count). The van der Waals surface area contributed by atoms with Crippen molar-refractivity contribution in [3.8, 4) is 5.75 Å². The van der Waals surface area contributed by atoms with Gasteiger partial charge in [-0.1, -0.05) is 29.1 Å². The second-order valence-electron chi connectivity index (χ2n) is 5.83. The van der Waals surface area contributed by atoms with E-state index in [4.69, 9.17) is 14.0 Å².